The van der Waals surface area contributed by atoms with Crippen LogP contribution in [0.4, 0.5) is 0 Å². The van der Waals surface area contributed by atoms with Crippen LogP contribution in [0.25, 0.3) is 0 Å². The summed E-state index contributed by atoms with van der Waals surface area (Å²) in [6.07, 6.45) is 3.01. The van der Waals surface area contributed by atoms with Crippen LogP contribution < -0.4 is 0 Å². The zero-order valence-corrected chi connectivity index (χ0v) is 7.84. The van der Waals surface area contributed by atoms with Crippen molar-refractivity contribution in [1.29, 1.82) is 0 Å². The molecule has 1 unspecified atom stereocenters. The Balaban J connectivity index is 3.14. The molecule has 0 N–H and O–H groups in total. The van der Waals surface area contributed by atoms with E-state index in [0.717, 1.165) is 25.7 Å². The van der Waals surface area contributed by atoms with E-state index in [9.17, 15) is 9.90 Å². The molecule has 3 nitrogen and oxygen atoms in total. The van der Waals surface area contributed by atoms with Crippen molar-refractivity contribution in [2.75, 3.05) is 6.61 Å². The lowest BCUT2D eigenvalue weighted by atomic mass is 10.2. The van der Waals surface area contributed by atoms with E-state index in [2.05, 4.69) is 6.92 Å². The Kier molecular flexibility index (Phi) is 6.76. The SMILES string of the molecule is CCCCCCOC(=O)C(C)[O]. The summed E-state index contributed by atoms with van der Waals surface area (Å²) in [4.78, 5) is 10.6. The molecule has 0 aromatic heterocycles. The predicted octanol–water partition coefficient (Wildman–Crippen LogP) is 1.93. The van der Waals surface area contributed by atoms with Crippen LogP contribution in [0.15, 0.2) is 0 Å². The molecule has 0 saturated heterocycles. The summed E-state index contributed by atoms with van der Waals surface area (Å²) in [7, 11) is 0. The molecule has 0 rings (SSSR count). The molecule has 0 amide bonds. The standard InChI is InChI=1S/C9H17O3/c1-3-4-5-6-7-12-9(11)8(2)10/h8H,3-7H2,1-2H3. The molecule has 0 aliphatic rings. The van der Waals surface area contributed by atoms with Crippen LogP contribution in [0.2, 0.25) is 0 Å². The molecule has 0 aliphatic carbocycles. The summed E-state index contributed by atoms with van der Waals surface area (Å²) in [6, 6.07) is 0. The Morgan fingerprint density at radius 2 is 2.00 bits per heavy atom. The van der Waals surface area contributed by atoms with Gasteiger partial charge in [0.25, 0.3) is 0 Å². The summed E-state index contributed by atoms with van der Waals surface area (Å²) in [5, 5.41) is 10.5. The van der Waals surface area contributed by atoms with Gasteiger partial charge in [0.2, 0.25) is 0 Å². The van der Waals surface area contributed by atoms with Crippen LogP contribution in [0.5, 0.6) is 0 Å². The van der Waals surface area contributed by atoms with Crippen molar-refractivity contribution >= 4 is 5.97 Å². The van der Waals surface area contributed by atoms with E-state index >= 15 is 0 Å². The average molecular weight is 173 g/mol. The van der Waals surface area contributed by atoms with Gasteiger partial charge in [-0.3, -0.25) is 0 Å². The maximum Gasteiger partial charge on any atom is 0.338 e. The third kappa shape index (κ3) is 6.16. The van der Waals surface area contributed by atoms with Crippen LogP contribution in [0.1, 0.15) is 39.5 Å². The van der Waals surface area contributed by atoms with Gasteiger partial charge in [0.15, 0.2) is 6.10 Å². The van der Waals surface area contributed by atoms with E-state index in [4.69, 9.17) is 4.74 Å². The van der Waals surface area contributed by atoms with Crippen molar-refractivity contribution in [2.24, 2.45) is 0 Å². The predicted molar refractivity (Wildman–Crippen MR) is 45.2 cm³/mol. The first-order valence-corrected chi connectivity index (χ1v) is 4.51. The lowest BCUT2D eigenvalue weighted by Crippen LogP contribution is -2.18. The lowest BCUT2D eigenvalue weighted by Gasteiger charge is -2.04. The van der Waals surface area contributed by atoms with Crippen LogP contribution in [0, 0.1) is 0 Å². The van der Waals surface area contributed by atoms with Gasteiger partial charge in [0, 0.05) is 0 Å². The van der Waals surface area contributed by atoms with Gasteiger partial charge in [-0.2, -0.15) is 0 Å². The molecule has 0 aromatic rings. The Morgan fingerprint density at radius 3 is 2.50 bits per heavy atom. The number of esters is 1. The van der Waals surface area contributed by atoms with E-state index in [1.165, 1.54) is 6.92 Å². The summed E-state index contributed by atoms with van der Waals surface area (Å²) in [5.41, 5.74) is 0. The number of hydrogen-bond donors (Lipinski definition) is 0. The molecule has 0 aliphatic heterocycles. The molecule has 0 heterocycles. The summed E-state index contributed by atoms with van der Waals surface area (Å²) in [6.45, 7) is 3.81. The van der Waals surface area contributed by atoms with Crippen molar-refractivity contribution in [3.8, 4) is 0 Å². The molecule has 0 spiro atoms. The van der Waals surface area contributed by atoms with Gasteiger partial charge < -0.3 is 4.74 Å². The maximum atomic E-state index is 10.6. The van der Waals surface area contributed by atoms with Crippen molar-refractivity contribution < 1.29 is 14.6 Å². The molecule has 0 saturated carbocycles. The first kappa shape index (κ1) is 11.4. The van der Waals surface area contributed by atoms with Gasteiger partial charge >= 0.3 is 5.97 Å². The van der Waals surface area contributed by atoms with Crippen LogP contribution >= 0.6 is 0 Å². The van der Waals surface area contributed by atoms with Gasteiger partial charge in [-0.15, -0.1) is 0 Å². The highest BCUT2D eigenvalue weighted by molar-refractivity contribution is 5.73. The summed E-state index contributed by atoms with van der Waals surface area (Å²) >= 11 is 0. The summed E-state index contributed by atoms with van der Waals surface area (Å²) < 4.78 is 4.70. The van der Waals surface area contributed by atoms with E-state index in [1.54, 1.807) is 0 Å². The Labute approximate surface area is 73.7 Å². The second-order valence-electron chi connectivity index (χ2n) is 2.87. The minimum atomic E-state index is -1.24. The van der Waals surface area contributed by atoms with Crippen LogP contribution in [-0.4, -0.2) is 18.7 Å². The largest absolute Gasteiger partial charge is 0.464 e. The first-order chi connectivity index (χ1) is 5.68. The number of ether oxygens (including phenoxy) is 1. The second-order valence-corrected chi connectivity index (χ2v) is 2.87. The van der Waals surface area contributed by atoms with Crippen molar-refractivity contribution in [1.82, 2.24) is 0 Å². The molecule has 1 radical (unpaired) electrons. The normalized spacial score (nSPS) is 12.6. The highest BCUT2D eigenvalue weighted by Gasteiger charge is 2.10. The van der Waals surface area contributed by atoms with E-state index in [1.807, 2.05) is 0 Å². The highest BCUT2D eigenvalue weighted by atomic mass is 16.5. The Morgan fingerprint density at radius 1 is 1.33 bits per heavy atom. The molecule has 1 atom stereocenters. The fraction of sp³-hybridized carbons (Fsp3) is 0.889. The minimum absolute atomic E-state index is 0.394. The molecular formula is C9H17O3. The molecule has 12 heavy (non-hydrogen) atoms. The lowest BCUT2D eigenvalue weighted by molar-refractivity contribution is -0.156. The zero-order chi connectivity index (χ0) is 9.40. The zero-order valence-electron chi connectivity index (χ0n) is 7.84. The van der Waals surface area contributed by atoms with Crippen LogP contribution in [-0.2, 0) is 14.6 Å². The second kappa shape index (κ2) is 7.10. The van der Waals surface area contributed by atoms with Crippen molar-refractivity contribution in [3.05, 3.63) is 0 Å². The number of rotatable bonds is 6. The highest BCUT2D eigenvalue weighted by Crippen LogP contribution is 1.99. The number of carbonyl (C=O) groups is 1. The van der Waals surface area contributed by atoms with Crippen molar-refractivity contribution in [2.45, 2.75) is 45.6 Å². The molecule has 3 heteroatoms. The molecule has 0 fully saturated rings. The smallest absolute Gasteiger partial charge is 0.338 e. The van der Waals surface area contributed by atoms with Gasteiger partial charge in [-0.05, 0) is 13.3 Å². The third-order valence-electron chi connectivity index (χ3n) is 1.57. The molecule has 71 valence electrons. The molecule has 0 bridgehead atoms. The van der Waals surface area contributed by atoms with Crippen LogP contribution in [0.3, 0.4) is 0 Å². The fourth-order valence-electron chi connectivity index (χ4n) is 0.819. The van der Waals surface area contributed by atoms with E-state index < -0.39 is 12.1 Å². The minimum Gasteiger partial charge on any atom is -0.464 e. The number of carbonyl (C=O) groups excluding carboxylic acids is 1. The van der Waals surface area contributed by atoms with Gasteiger partial charge in [0.05, 0.1) is 6.61 Å². The Hall–Kier alpha value is -0.570. The monoisotopic (exact) mass is 173 g/mol. The van der Waals surface area contributed by atoms with E-state index in [0.29, 0.717) is 6.61 Å². The first-order valence-electron chi connectivity index (χ1n) is 4.51. The maximum absolute atomic E-state index is 10.6. The topological polar surface area (TPSA) is 46.2 Å². The third-order valence-corrected chi connectivity index (χ3v) is 1.57. The van der Waals surface area contributed by atoms with Gasteiger partial charge in [0.1, 0.15) is 0 Å². The summed E-state index contributed by atoms with van der Waals surface area (Å²) in [5.74, 6) is -0.633. The average Bonchev–Trinajstić information content (AvgIpc) is 2.03. The Bertz CT molecular complexity index is 121. The van der Waals surface area contributed by atoms with Crippen molar-refractivity contribution in [3.63, 3.8) is 0 Å². The molecule has 0 aromatic carbocycles. The van der Waals surface area contributed by atoms with E-state index in [-0.39, 0.29) is 0 Å². The van der Waals surface area contributed by atoms with Gasteiger partial charge in [-0.1, -0.05) is 26.2 Å². The fourth-order valence-corrected chi connectivity index (χ4v) is 0.819. The quantitative estimate of drug-likeness (QED) is 0.455. The number of hydrogen-bond acceptors (Lipinski definition) is 2. The number of unbranched alkanes of at least 4 members (excludes halogenated alkanes) is 3. The molecular weight excluding hydrogens is 156 g/mol. The van der Waals surface area contributed by atoms with Gasteiger partial charge in [-0.25, -0.2) is 9.90 Å².